The molecule has 1 aromatic rings. The van der Waals surface area contributed by atoms with Crippen LogP contribution in [0.15, 0.2) is 35.9 Å². The van der Waals surface area contributed by atoms with E-state index < -0.39 is 0 Å². The van der Waals surface area contributed by atoms with Crippen molar-refractivity contribution >= 4 is 5.97 Å². The number of carbonyl (C=O) groups excluding carboxylic acids is 1. The van der Waals surface area contributed by atoms with Crippen molar-refractivity contribution in [3.05, 3.63) is 47.0 Å². The molecule has 0 aliphatic heterocycles. The van der Waals surface area contributed by atoms with Gasteiger partial charge in [-0.05, 0) is 31.4 Å². The predicted octanol–water partition coefficient (Wildman–Crippen LogP) is 3.02. The molecule has 0 spiro atoms. The van der Waals surface area contributed by atoms with Gasteiger partial charge >= 0.3 is 5.97 Å². The molecular weight excluding hydrogens is 238 g/mol. The third kappa shape index (κ3) is 4.87. The highest BCUT2D eigenvalue weighted by Crippen LogP contribution is 2.13. The first-order valence-electron chi connectivity index (χ1n) is 6.65. The summed E-state index contributed by atoms with van der Waals surface area (Å²) in [4.78, 5) is 11.2. The summed E-state index contributed by atoms with van der Waals surface area (Å²) in [6.07, 6.45) is 2.91. The Hall–Kier alpha value is -1.61. The zero-order valence-corrected chi connectivity index (χ0v) is 12.2. The largest absolute Gasteiger partial charge is 0.466 e. The fourth-order valence-corrected chi connectivity index (χ4v) is 1.79. The van der Waals surface area contributed by atoms with Crippen LogP contribution in [0.3, 0.4) is 0 Å². The van der Waals surface area contributed by atoms with Crippen LogP contribution >= 0.6 is 0 Å². The Morgan fingerprint density at radius 1 is 1.37 bits per heavy atom. The van der Waals surface area contributed by atoms with Crippen LogP contribution in [0.2, 0.25) is 0 Å². The van der Waals surface area contributed by atoms with Gasteiger partial charge in [0.05, 0.1) is 7.11 Å². The summed E-state index contributed by atoms with van der Waals surface area (Å²) in [7, 11) is 1.39. The first-order valence-corrected chi connectivity index (χ1v) is 6.65. The number of benzene rings is 1. The van der Waals surface area contributed by atoms with Gasteiger partial charge < -0.3 is 10.1 Å². The van der Waals surface area contributed by atoms with Crippen molar-refractivity contribution in [1.29, 1.82) is 0 Å². The molecule has 3 nitrogen and oxygen atoms in total. The van der Waals surface area contributed by atoms with Gasteiger partial charge in [-0.25, -0.2) is 4.79 Å². The quantitative estimate of drug-likeness (QED) is 0.632. The Morgan fingerprint density at radius 3 is 2.53 bits per heavy atom. The average Bonchev–Trinajstić information content (AvgIpc) is 2.46. The van der Waals surface area contributed by atoms with E-state index in [1.807, 2.05) is 6.08 Å². The summed E-state index contributed by atoms with van der Waals surface area (Å²) in [5.74, 6) is -0.276. The molecular formula is C16H23NO2. The Balaban J connectivity index is 2.50. The highest BCUT2D eigenvalue weighted by Gasteiger charge is 2.05. The maximum atomic E-state index is 11.2. The summed E-state index contributed by atoms with van der Waals surface area (Å²) in [6, 6.07) is 8.86. The van der Waals surface area contributed by atoms with E-state index in [9.17, 15) is 4.79 Å². The number of nitrogens with one attached hydrogen (secondary N) is 1. The summed E-state index contributed by atoms with van der Waals surface area (Å²) < 4.78 is 4.64. The Labute approximate surface area is 115 Å². The van der Waals surface area contributed by atoms with Gasteiger partial charge in [-0.15, -0.1) is 0 Å². The predicted molar refractivity (Wildman–Crippen MR) is 78.0 cm³/mol. The highest BCUT2D eigenvalue weighted by molar-refractivity contribution is 5.87. The van der Waals surface area contributed by atoms with Gasteiger partial charge in [0.1, 0.15) is 0 Å². The summed E-state index contributed by atoms with van der Waals surface area (Å²) in [5.41, 5.74) is 3.22. The van der Waals surface area contributed by atoms with Crippen molar-refractivity contribution in [3.63, 3.8) is 0 Å². The second kappa shape index (κ2) is 7.74. The molecule has 1 aromatic carbocycles. The number of ether oxygens (including phenoxy) is 1. The normalized spacial score (nSPS) is 13.2. The van der Waals surface area contributed by atoms with Crippen LogP contribution in [0.5, 0.6) is 0 Å². The van der Waals surface area contributed by atoms with Crippen LogP contribution in [-0.4, -0.2) is 19.6 Å². The SMILES string of the molecule is CCc1ccc(C(C)NC/C=C(/C)C(=O)OC)cc1. The van der Waals surface area contributed by atoms with Crippen molar-refractivity contribution < 1.29 is 9.53 Å². The lowest BCUT2D eigenvalue weighted by molar-refractivity contribution is -0.136. The Kier molecular flexibility index (Phi) is 6.30. The fraction of sp³-hybridized carbons (Fsp3) is 0.438. The molecule has 0 bridgehead atoms. The zero-order valence-electron chi connectivity index (χ0n) is 12.2. The van der Waals surface area contributed by atoms with E-state index in [0.717, 1.165) is 6.42 Å². The van der Waals surface area contributed by atoms with Crippen LogP contribution in [0, 0.1) is 0 Å². The summed E-state index contributed by atoms with van der Waals surface area (Å²) in [6.45, 7) is 6.67. The van der Waals surface area contributed by atoms with E-state index in [4.69, 9.17) is 0 Å². The minimum absolute atomic E-state index is 0.257. The smallest absolute Gasteiger partial charge is 0.333 e. The van der Waals surface area contributed by atoms with Gasteiger partial charge in [0, 0.05) is 18.2 Å². The second-order valence-electron chi connectivity index (χ2n) is 4.60. The molecule has 0 amide bonds. The van der Waals surface area contributed by atoms with Gasteiger partial charge in [-0.2, -0.15) is 0 Å². The van der Waals surface area contributed by atoms with Crippen molar-refractivity contribution in [1.82, 2.24) is 5.32 Å². The molecule has 1 N–H and O–H groups in total. The first kappa shape index (κ1) is 15.4. The summed E-state index contributed by atoms with van der Waals surface area (Å²) >= 11 is 0. The summed E-state index contributed by atoms with van der Waals surface area (Å²) in [5, 5.41) is 3.36. The van der Waals surface area contributed by atoms with Crippen LogP contribution in [0.25, 0.3) is 0 Å². The minimum atomic E-state index is -0.276. The van der Waals surface area contributed by atoms with E-state index in [1.54, 1.807) is 6.92 Å². The molecule has 19 heavy (non-hydrogen) atoms. The molecule has 1 rings (SSSR count). The first-order chi connectivity index (χ1) is 9.08. The monoisotopic (exact) mass is 261 g/mol. The lowest BCUT2D eigenvalue weighted by Gasteiger charge is -2.13. The fourth-order valence-electron chi connectivity index (χ4n) is 1.79. The third-order valence-electron chi connectivity index (χ3n) is 3.23. The molecule has 0 heterocycles. The van der Waals surface area contributed by atoms with Crippen LogP contribution in [0.1, 0.15) is 37.9 Å². The number of carbonyl (C=O) groups is 1. The maximum absolute atomic E-state index is 11.2. The van der Waals surface area contributed by atoms with Crippen molar-refractivity contribution in [3.8, 4) is 0 Å². The number of hydrogen-bond acceptors (Lipinski definition) is 3. The van der Waals surface area contributed by atoms with Gasteiger partial charge in [0.25, 0.3) is 0 Å². The Bertz CT molecular complexity index is 435. The lowest BCUT2D eigenvalue weighted by Crippen LogP contribution is -2.19. The molecule has 104 valence electrons. The molecule has 0 saturated carbocycles. The van der Waals surface area contributed by atoms with Crippen LogP contribution in [-0.2, 0) is 16.0 Å². The third-order valence-corrected chi connectivity index (χ3v) is 3.23. The molecule has 3 heteroatoms. The molecule has 1 unspecified atom stereocenters. The van der Waals surface area contributed by atoms with Gasteiger partial charge in [-0.1, -0.05) is 37.3 Å². The second-order valence-corrected chi connectivity index (χ2v) is 4.60. The molecule has 0 fully saturated rings. The minimum Gasteiger partial charge on any atom is -0.466 e. The standard InChI is InChI=1S/C16H23NO2/c1-5-14-6-8-15(9-7-14)13(3)17-11-10-12(2)16(18)19-4/h6-10,13,17H,5,11H2,1-4H3/b12-10-. The molecule has 0 radical (unpaired) electrons. The molecule has 0 aliphatic rings. The van der Waals surface area contributed by atoms with E-state index in [1.165, 1.54) is 18.2 Å². The van der Waals surface area contributed by atoms with E-state index in [2.05, 4.69) is 48.2 Å². The topological polar surface area (TPSA) is 38.3 Å². The number of esters is 1. The number of aryl methyl sites for hydroxylation is 1. The van der Waals surface area contributed by atoms with Crippen LogP contribution < -0.4 is 5.32 Å². The highest BCUT2D eigenvalue weighted by atomic mass is 16.5. The number of rotatable bonds is 6. The maximum Gasteiger partial charge on any atom is 0.333 e. The number of methoxy groups -OCH3 is 1. The zero-order chi connectivity index (χ0) is 14.3. The van der Waals surface area contributed by atoms with Crippen molar-refractivity contribution in [2.45, 2.75) is 33.2 Å². The van der Waals surface area contributed by atoms with E-state index in [-0.39, 0.29) is 12.0 Å². The van der Waals surface area contributed by atoms with Gasteiger partial charge in [0.15, 0.2) is 0 Å². The van der Waals surface area contributed by atoms with E-state index in [0.29, 0.717) is 12.1 Å². The molecule has 0 saturated heterocycles. The van der Waals surface area contributed by atoms with Gasteiger partial charge in [0.2, 0.25) is 0 Å². The average molecular weight is 261 g/mol. The van der Waals surface area contributed by atoms with Gasteiger partial charge in [-0.3, -0.25) is 0 Å². The molecule has 1 atom stereocenters. The molecule has 0 aliphatic carbocycles. The molecule has 0 aromatic heterocycles. The Morgan fingerprint density at radius 2 is 2.00 bits per heavy atom. The van der Waals surface area contributed by atoms with Crippen molar-refractivity contribution in [2.75, 3.05) is 13.7 Å². The lowest BCUT2D eigenvalue weighted by atomic mass is 10.1. The van der Waals surface area contributed by atoms with E-state index >= 15 is 0 Å². The van der Waals surface area contributed by atoms with Crippen LogP contribution in [0.4, 0.5) is 0 Å². The number of hydrogen-bond donors (Lipinski definition) is 1. The van der Waals surface area contributed by atoms with Crippen molar-refractivity contribution in [2.24, 2.45) is 0 Å².